The lowest BCUT2D eigenvalue weighted by Crippen LogP contribution is -2.48. The Kier molecular flexibility index (Phi) is 6.33. The Morgan fingerprint density at radius 1 is 1.10 bits per heavy atom. The zero-order valence-electron chi connectivity index (χ0n) is 18.9. The molecule has 1 fully saturated rings. The highest BCUT2D eigenvalue weighted by Crippen LogP contribution is 2.36. The topological polar surface area (TPSA) is 57.4 Å². The number of nitrogens with zero attached hydrogens (tertiary/aromatic N) is 1. The van der Waals surface area contributed by atoms with E-state index in [-0.39, 0.29) is 18.0 Å². The molecule has 2 heterocycles. The number of hydrogen-bond donors (Lipinski definition) is 2. The highest BCUT2D eigenvalue weighted by Gasteiger charge is 2.30. The van der Waals surface area contributed by atoms with Crippen molar-refractivity contribution in [2.45, 2.75) is 51.6 Å². The molecule has 1 aromatic heterocycles. The molecule has 2 N–H and O–H groups in total. The van der Waals surface area contributed by atoms with E-state index in [1.165, 1.54) is 22.2 Å². The Balaban J connectivity index is 1.38. The number of carbonyl (C=O) groups excluding carboxylic acids is 1. The van der Waals surface area contributed by atoms with Gasteiger partial charge in [-0.2, -0.15) is 0 Å². The summed E-state index contributed by atoms with van der Waals surface area (Å²) in [7, 11) is 1.66. The van der Waals surface area contributed by atoms with E-state index in [1.54, 1.807) is 7.11 Å². The fourth-order valence-corrected chi connectivity index (χ4v) is 5.00. The van der Waals surface area contributed by atoms with Crippen LogP contribution in [-0.4, -0.2) is 42.0 Å². The number of para-hydroxylation sites is 2. The Labute approximate surface area is 184 Å². The van der Waals surface area contributed by atoms with E-state index in [4.69, 9.17) is 4.74 Å². The van der Waals surface area contributed by atoms with Gasteiger partial charge in [0.05, 0.1) is 19.2 Å². The van der Waals surface area contributed by atoms with Crippen LogP contribution < -0.4 is 10.1 Å². The predicted octanol–water partition coefficient (Wildman–Crippen LogP) is 4.93. The molecule has 3 aromatic rings. The molecule has 0 bridgehead atoms. The third kappa shape index (κ3) is 4.33. The van der Waals surface area contributed by atoms with Gasteiger partial charge in [0.25, 0.3) is 0 Å². The van der Waals surface area contributed by atoms with Gasteiger partial charge >= 0.3 is 0 Å². The summed E-state index contributed by atoms with van der Waals surface area (Å²) in [6.45, 7) is 8.07. The second-order valence-electron chi connectivity index (χ2n) is 8.67. The Morgan fingerprint density at radius 3 is 2.52 bits per heavy atom. The van der Waals surface area contributed by atoms with E-state index in [0.29, 0.717) is 5.92 Å². The largest absolute Gasteiger partial charge is 0.496 e. The number of methoxy groups -OCH3 is 1. The van der Waals surface area contributed by atoms with Crippen molar-refractivity contribution >= 4 is 16.8 Å². The minimum atomic E-state index is -0.151. The van der Waals surface area contributed by atoms with E-state index in [1.807, 2.05) is 38.1 Å². The maximum Gasteiger partial charge on any atom is 0.237 e. The Bertz CT molecular complexity index is 1050. The molecule has 5 nitrogen and oxygen atoms in total. The number of fused-ring (bicyclic) bond motifs is 1. The van der Waals surface area contributed by atoms with E-state index in [2.05, 4.69) is 46.4 Å². The molecule has 1 aliphatic rings. The molecular formula is C26H33N3O2. The quantitative estimate of drug-likeness (QED) is 0.596. The van der Waals surface area contributed by atoms with Crippen LogP contribution in [0, 0.1) is 6.92 Å². The summed E-state index contributed by atoms with van der Waals surface area (Å²) in [4.78, 5) is 18.8. The zero-order chi connectivity index (χ0) is 22.0. The summed E-state index contributed by atoms with van der Waals surface area (Å²) in [6.07, 6.45) is 2.14. The van der Waals surface area contributed by atoms with Crippen molar-refractivity contribution in [1.29, 1.82) is 0 Å². The molecule has 1 amide bonds. The van der Waals surface area contributed by atoms with Gasteiger partial charge in [-0.15, -0.1) is 0 Å². The number of hydrogen-bond acceptors (Lipinski definition) is 3. The number of ether oxygens (including phenoxy) is 1. The van der Waals surface area contributed by atoms with Crippen LogP contribution in [0.3, 0.4) is 0 Å². The predicted molar refractivity (Wildman–Crippen MR) is 126 cm³/mol. The number of benzene rings is 2. The lowest BCUT2D eigenvalue weighted by molar-refractivity contribution is -0.127. The van der Waals surface area contributed by atoms with Gasteiger partial charge in [0.2, 0.25) is 5.91 Å². The minimum Gasteiger partial charge on any atom is -0.496 e. The molecule has 0 spiro atoms. The average Bonchev–Trinajstić information content (AvgIpc) is 3.14. The maximum absolute atomic E-state index is 13.0. The van der Waals surface area contributed by atoms with Crippen molar-refractivity contribution in [2.24, 2.45) is 0 Å². The van der Waals surface area contributed by atoms with Crippen LogP contribution in [0.25, 0.3) is 10.9 Å². The number of amides is 1. The summed E-state index contributed by atoms with van der Waals surface area (Å²) in [6, 6.07) is 16.2. The van der Waals surface area contributed by atoms with E-state index in [0.717, 1.165) is 37.2 Å². The number of aromatic amines is 1. The van der Waals surface area contributed by atoms with Crippen LogP contribution in [0.2, 0.25) is 0 Å². The molecule has 5 heteroatoms. The Morgan fingerprint density at radius 2 is 1.77 bits per heavy atom. The number of aryl methyl sites for hydroxylation is 1. The van der Waals surface area contributed by atoms with Gasteiger partial charge < -0.3 is 15.0 Å². The van der Waals surface area contributed by atoms with E-state index < -0.39 is 0 Å². The lowest BCUT2D eigenvalue weighted by Gasteiger charge is -2.36. The molecule has 164 valence electrons. The zero-order valence-corrected chi connectivity index (χ0v) is 18.9. The van der Waals surface area contributed by atoms with Crippen molar-refractivity contribution in [3.63, 3.8) is 0 Å². The smallest absolute Gasteiger partial charge is 0.237 e. The van der Waals surface area contributed by atoms with Gasteiger partial charge in [-0.3, -0.25) is 9.69 Å². The second kappa shape index (κ2) is 9.15. The van der Waals surface area contributed by atoms with Crippen molar-refractivity contribution in [3.05, 3.63) is 65.4 Å². The molecule has 0 saturated carbocycles. The first kappa shape index (κ1) is 21.4. The summed E-state index contributed by atoms with van der Waals surface area (Å²) < 4.78 is 5.45. The van der Waals surface area contributed by atoms with Crippen LogP contribution in [0.15, 0.2) is 48.5 Å². The van der Waals surface area contributed by atoms with Crippen molar-refractivity contribution in [1.82, 2.24) is 15.2 Å². The SMILES string of the molecule is COc1ccccc1C(C)NC(=O)C(C)N1CCC(c2c(C)[nH]c3ccccc23)CC1. The highest BCUT2D eigenvalue weighted by atomic mass is 16.5. The van der Waals surface area contributed by atoms with Crippen LogP contribution in [0.1, 0.15) is 55.5 Å². The van der Waals surface area contributed by atoms with Gasteiger partial charge in [-0.05, 0) is 70.3 Å². The van der Waals surface area contributed by atoms with Crippen molar-refractivity contribution < 1.29 is 9.53 Å². The van der Waals surface area contributed by atoms with E-state index >= 15 is 0 Å². The second-order valence-corrected chi connectivity index (χ2v) is 8.67. The van der Waals surface area contributed by atoms with Crippen molar-refractivity contribution in [3.8, 4) is 5.75 Å². The molecule has 1 aliphatic heterocycles. The third-order valence-corrected chi connectivity index (χ3v) is 6.77. The molecule has 31 heavy (non-hydrogen) atoms. The van der Waals surface area contributed by atoms with Crippen molar-refractivity contribution in [2.75, 3.05) is 20.2 Å². The summed E-state index contributed by atoms with van der Waals surface area (Å²) in [5.74, 6) is 1.41. The summed E-state index contributed by atoms with van der Waals surface area (Å²) in [5.41, 5.74) is 4.95. The number of rotatable bonds is 6. The van der Waals surface area contributed by atoms with Crippen LogP contribution in [0.4, 0.5) is 0 Å². The molecule has 0 aliphatic carbocycles. The first-order valence-electron chi connectivity index (χ1n) is 11.2. The average molecular weight is 420 g/mol. The van der Waals surface area contributed by atoms with Crippen LogP contribution in [-0.2, 0) is 4.79 Å². The first-order chi connectivity index (χ1) is 15.0. The summed E-state index contributed by atoms with van der Waals surface area (Å²) in [5, 5.41) is 4.52. The molecule has 1 saturated heterocycles. The first-order valence-corrected chi connectivity index (χ1v) is 11.2. The monoisotopic (exact) mass is 419 g/mol. The fraction of sp³-hybridized carbons (Fsp3) is 0.423. The van der Waals surface area contributed by atoms with Gasteiger partial charge in [0.15, 0.2) is 0 Å². The Hall–Kier alpha value is -2.79. The number of piperidine rings is 1. The number of H-pyrrole nitrogens is 1. The van der Waals surface area contributed by atoms with Gasteiger partial charge in [0.1, 0.15) is 5.75 Å². The molecule has 2 aromatic carbocycles. The molecule has 2 atom stereocenters. The third-order valence-electron chi connectivity index (χ3n) is 6.77. The number of nitrogens with one attached hydrogen (secondary N) is 2. The lowest BCUT2D eigenvalue weighted by atomic mass is 9.87. The molecular weight excluding hydrogens is 386 g/mol. The van der Waals surface area contributed by atoms with E-state index in [9.17, 15) is 4.79 Å². The molecule has 4 rings (SSSR count). The van der Waals surface area contributed by atoms with Gasteiger partial charge in [0, 0.05) is 22.2 Å². The number of carbonyl (C=O) groups is 1. The number of aromatic nitrogens is 1. The summed E-state index contributed by atoms with van der Waals surface area (Å²) >= 11 is 0. The fourth-order valence-electron chi connectivity index (χ4n) is 5.00. The highest BCUT2D eigenvalue weighted by molar-refractivity contribution is 5.85. The van der Waals surface area contributed by atoms with Gasteiger partial charge in [-0.1, -0.05) is 36.4 Å². The van der Waals surface area contributed by atoms with Gasteiger partial charge in [-0.25, -0.2) is 0 Å². The molecule has 0 radical (unpaired) electrons. The molecule has 2 unspecified atom stereocenters. The number of likely N-dealkylation sites (tertiary alicyclic amines) is 1. The van der Waals surface area contributed by atoms with Crippen LogP contribution in [0.5, 0.6) is 5.75 Å². The minimum absolute atomic E-state index is 0.0696. The maximum atomic E-state index is 13.0. The normalized spacial score (nSPS) is 17.4. The standard InChI is InChI=1S/C26H33N3O2/c1-17(21-9-6-8-12-24(21)31-4)28-26(30)19(3)29-15-13-20(14-16-29)25-18(2)27-23-11-7-5-10-22(23)25/h5-12,17,19-20,27H,13-16H2,1-4H3,(H,28,30). The van der Waals surface area contributed by atoms with Crippen LogP contribution >= 0.6 is 0 Å².